The smallest absolute Gasteiger partial charge is 0.328 e. The maximum Gasteiger partial charge on any atom is 0.328 e. The van der Waals surface area contributed by atoms with Gasteiger partial charge in [-0.3, -0.25) is 9.59 Å². The molecule has 0 radical (unpaired) electrons. The predicted molar refractivity (Wildman–Crippen MR) is 85.9 cm³/mol. The second-order valence-corrected chi connectivity index (χ2v) is 5.29. The summed E-state index contributed by atoms with van der Waals surface area (Å²) in [4.78, 5) is 35.9. The minimum absolute atomic E-state index is 0.0282. The van der Waals surface area contributed by atoms with Gasteiger partial charge in [0, 0.05) is 7.11 Å². The maximum absolute atomic E-state index is 12.5. The quantitative estimate of drug-likeness (QED) is 0.718. The van der Waals surface area contributed by atoms with Gasteiger partial charge in [0.1, 0.15) is 6.04 Å². The fraction of sp³-hybridized carbons (Fsp3) is 0.471. The number of hydrogen-bond acceptors (Lipinski definition) is 6. The van der Waals surface area contributed by atoms with Crippen molar-refractivity contribution in [2.24, 2.45) is 5.92 Å². The molecule has 1 rings (SSSR count). The van der Waals surface area contributed by atoms with Crippen molar-refractivity contribution < 1.29 is 28.6 Å². The molecule has 1 amide bonds. The fourth-order valence-corrected chi connectivity index (χ4v) is 2.28. The second-order valence-electron chi connectivity index (χ2n) is 5.29. The first-order chi connectivity index (χ1) is 11.4. The molecule has 132 valence electrons. The van der Waals surface area contributed by atoms with E-state index in [9.17, 15) is 14.4 Å². The summed E-state index contributed by atoms with van der Waals surface area (Å²) < 4.78 is 14.6. The van der Waals surface area contributed by atoms with Gasteiger partial charge in [0.05, 0.1) is 20.6 Å². The zero-order chi connectivity index (χ0) is 18.1. The van der Waals surface area contributed by atoms with Crippen molar-refractivity contribution >= 4 is 17.8 Å². The Morgan fingerprint density at radius 2 is 1.67 bits per heavy atom. The van der Waals surface area contributed by atoms with Crippen LogP contribution in [0.5, 0.6) is 0 Å². The second kappa shape index (κ2) is 9.67. The average molecular weight is 337 g/mol. The highest BCUT2D eigenvalue weighted by Crippen LogP contribution is 2.18. The highest BCUT2D eigenvalue weighted by Gasteiger charge is 2.32. The minimum Gasteiger partial charge on any atom is -0.469 e. The minimum atomic E-state index is -0.983. The Balaban J connectivity index is 2.90. The first-order valence-corrected chi connectivity index (χ1v) is 7.47. The normalized spacial score (nSPS) is 14.2. The van der Waals surface area contributed by atoms with Crippen LogP contribution in [-0.2, 0) is 28.6 Å². The molecule has 0 saturated heterocycles. The maximum atomic E-state index is 12.5. The lowest BCUT2D eigenvalue weighted by molar-refractivity contribution is -0.150. The Bertz CT molecular complexity index is 559. The van der Waals surface area contributed by atoms with Gasteiger partial charge in [0.15, 0.2) is 6.10 Å². The van der Waals surface area contributed by atoms with Crippen LogP contribution in [0.4, 0.5) is 0 Å². The van der Waals surface area contributed by atoms with Gasteiger partial charge in [0.2, 0.25) is 0 Å². The third kappa shape index (κ3) is 5.34. The van der Waals surface area contributed by atoms with Gasteiger partial charge in [0.25, 0.3) is 5.91 Å². The summed E-state index contributed by atoms with van der Waals surface area (Å²) in [5, 5.41) is 2.60. The van der Waals surface area contributed by atoms with Crippen LogP contribution in [-0.4, -0.2) is 45.2 Å². The third-order valence-corrected chi connectivity index (χ3v) is 3.61. The molecule has 0 saturated carbocycles. The van der Waals surface area contributed by atoms with E-state index in [1.807, 2.05) is 6.07 Å². The van der Waals surface area contributed by atoms with Crippen molar-refractivity contribution in [1.29, 1.82) is 0 Å². The van der Waals surface area contributed by atoms with Crippen LogP contribution >= 0.6 is 0 Å². The Hall–Kier alpha value is -2.41. The number of methoxy groups -OCH3 is 3. The predicted octanol–water partition coefficient (Wildman–Crippen LogP) is 1.23. The molecule has 0 unspecified atom stereocenters. The standard InChI is InChI=1S/C17H23NO6/c1-11(10-13(19)22-2)14(17(21)24-4)18-16(20)15(23-3)12-8-6-5-7-9-12/h5-9,11,14-15H,10H2,1-4H3,(H,18,20)/t11-,14+,15+/m0/s1. The number of hydrogen-bond donors (Lipinski definition) is 1. The molecule has 0 aromatic heterocycles. The number of esters is 2. The van der Waals surface area contributed by atoms with E-state index in [-0.39, 0.29) is 6.42 Å². The van der Waals surface area contributed by atoms with Gasteiger partial charge < -0.3 is 19.5 Å². The van der Waals surface area contributed by atoms with Crippen LogP contribution < -0.4 is 5.32 Å². The molecular weight excluding hydrogens is 314 g/mol. The Morgan fingerprint density at radius 3 is 2.17 bits per heavy atom. The monoisotopic (exact) mass is 337 g/mol. The molecule has 0 aliphatic heterocycles. The molecule has 3 atom stereocenters. The molecule has 0 spiro atoms. The summed E-state index contributed by atoms with van der Waals surface area (Å²) in [5.74, 6) is -2.10. The zero-order valence-electron chi connectivity index (χ0n) is 14.3. The molecule has 1 aromatic rings. The van der Waals surface area contributed by atoms with Gasteiger partial charge in [-0.05, 0) is 11.5 Å². The summed E-state index contributed by atoms with van der Waals surface area (Å²) in [5.41, 5.74) is 0.654. The van der Waals surface area contributed by atoms with Crippen LogP contribution in [0.1, 0.15) is 25.0 Å². The first-order valence-electron chi connectivity index (χ1n) is 7.47. The topological polar surface area (TPSA) is 90.9 Å². The molecule has 7 nitrogen and oxygen atoms in total. The van der Waals surface area contributed by atoms with Crippen LogP contribution in [0.2, 0.25) is 0 Å². The summed E-state index contributed by atoms with van der Waals surface area (Å²) in [6.45, 7) is 1.66. The van der Waals surface area contributed by atoms with Gasteiger partial charge in [-0.15, -0.1) is 0 Å². The molecule has 1 N–H and O–H groups in total. The summed E-state index contributed by atoms with van der Waals surface area (Å²) in [7, 11) is 3.89. The van der Waals surface area contributed by atoms with E-state index in [2.05, 4.69) is 10.1 Å². The van der Waals surface area contributed by atoms with E-state index in [0.29, 0.717) is 5.56 Å². The average Bonchev–Trinajstić information content (AvgIpc) is 2.60. The number of benzene rings is 1. The van der Waals surface area contributed by atoms with E-state index in [4.69, 9.17) is 9.47 Å². The molecule has 7 heteroatoms. The largest absolute Gasteiger partial charge is 0.469 e. The van der Waals surface area contributed by atoms with Crippen LogP contribution in [0.15, 0.2) is 30.3 Å². The van der Waals surface area contributed by atoms with E-state index < -0.39 is 35.9 Å². The lowest BCUT2D eigenvalue weighted by atomic mass is 9.97. The van der Waals surface area contributed by atoms with Gasteiger partial charge in [-0.2, -0.15) is 0 Å². The molecule has 0 aliphatic rings. The summed E-state index contributed by atoms with van der Waals surface area (Å²) >= 11 is 0. The number of rotatable bonds is 8. The molecule has 1 aromatic carbocycles. The Morgan fingerprint density at radius 1 is 1.04 bits per heavy atom. The van der Waals surface area contributed by atoms with E-state index in [0.717, 1.165) is 0 Å². The summed E-state index contributed by atoms with van der Waals surface area (Å²) in [6, 6.07) is 7.91. The molecule has 0 aliphatic carbocycles. The molecular formula is C17H23NO6. The van der Waals surface area contributed by atoms with Crippen LogP contribution in [0.25, 0.3) is 0 Å². The van der Waals surface area contributed by atoms with Gasteiger partial charge in [-0.25, -0.2) is 4.79 Å². The SMILES string of the molecule is COC(=O)C[C@H](C)[C@@H](NC(=O)[C@H](OC)c1ccccc1)C(=O)OC. The number of amides is 1. The van der Waals surface area contributed by atoms with Crippen molar-refractivity contribution in [3.8, 4) is 0 Å². The Kier molecular flexibility index (Phi) is 7.91. The van der Waals surface area contributed by atoms with Crippen molar-refractivity contribution in [3.05, 3.63) is 35.9 Å². The highest BCUT2D eigenvalue weighted by molar-refractivity contribution is 5.88. The third-order valence-electron chi connectivity index (χ3n) is 3.61. The van der Waals surface area contributed by atoms with Crippen molar-refractivity contribution in [2.75, 3.05) is 21.3 Å². The highest BCUT2D eigenvalue weighted by atomic mass is 16.5. The molecule has 24 heavy (non-hydrogen) atoms. The number of nitrogens with one attached hydrogen (secondary N) is 1. The zero-order valence-corrected chi connectivity index (χ0v) is 14.3. The number of carbonyl (C=O) groups is 3. The molecule has 0 heterocycles. The molecule has 0 fully saturated rings. The molecule has 0 bridgehead atoms. The number of ether oxygens (including phenoxy) is 3. The summed E-state index contributed by atoms with van der Waals surface area (Å²) in [6.07, 6.45) is -0.900. The fourth-order valence-electron chi connectivity index (χ4n) is 2.28. The first kappa shape index (κ1) is 19.6. The van der Waals surface area contributed by atoms with E-state index >= 15 is 0 Å². The Labute approximate surface area is 141 Å². The van der Waals surface area contributed by atoms with E-state index in [1.54, 1.807) is 31.2 Å². The van der Waals surface area contributed by atoms with Crippen molar-refractivity contribution in [1.82, 2.24) is 5.32 Å². The van der Waals surface area contributed by atoms with Crippen molar-refractivity contribution in [2.45, 2.75) is 25.5 Å². The van der Waals surface area contributed by atoms with E-state index in [1.165, 1.54) is 21.3 Å². The van der Waals surface area contributed by atoms with Gasteiger partial charge >= 0.3 is 11.9 Å². The van der Waals surface area contributed by atoms with Crippen molar-refractivity contribution in [3.63, 3.8) is 0 Å². The van der Waals surface area contributed by atoms with Crippen LogP contribution in [0.3, 0.4) is 0 Å². The number of carbonyl (C=O) groups excluding carboxylic acids is 3. The lowest BCUT2D eigenvalue weighted by Gasteiger charge is -2.24. The van der Waals surface area contributed by atoms with Gasteiger partial charge in [-0.1, -0.05) is 37.3 Å². The lowest BCUT2D eigenvalue weighted by Crippen LogP contribution is -2.48. The van der Waals surface area contributed by atoms with Crippen LogP contribution in [0, 0.1) is 5.92 Å².